The summed E-state index contributed by atoms with van der Waals surface area (Å²) in [5.74, 6) is 1.48. The zero-order chi connectivity index (χ0) is 14.5. The maximum atomic E-state index is 5.73. The molecule has 106 valence electrons. The lowest BCUT2D eigenvalue weighted by Gasteiger charge is -2.22. The summed E-state index contributed by atoms with van der Waals surface area (Å²) < 4.78 is 5.73. The molecule has 0 bridgehead atoms. The first kappa shape index (κ1) is 16.0. The molecule has 0 aromatic heterocycles. The summed E-state index contributed by atoms with van der Waals surface area (Å²) in [6, 6.07) is 8.32. The highest BCUT2D eigenvalue weighted by atomic mass is 32.1. The summed E-state index contributed by atoms with van der Waals surface area (Å²) >= 11 is 5.05. The average Bonchev–Trinajstić information content (AvgIpc) is 2.35. The first-order chi connectivity index (χ1) is 8.83. The lowest BCUT2D eigenvalue weighted by molar-refractivity contribution is 0.288. The second kappa shape index (κ2) is 6.90. The van der Waals surface area contributed by atoms with Crippen LogP contribution in [0.2, 0.25) is 0 Å². The normalized spacial score (nSPS) is 11.6. The number of hydrogen-bond acceptors (Lipinski definition) is 2. The highest BCUT2D eigenvalue weighted by Crippen LogP contribution is 2.23. The van der Waals surface area contributed by atoms with Gasteiger partial charge in [-0.05, 0) is 36.5 Å². The lowest BCUT2D eigenvalue weighted by atomic mass is 9.88. The van der Waals surface area contributed by atoms with E-state index in [-0.39, 0.29) is 5.41 Å². The van der Waals surface area contributed by atoms with E-state index in [1.165, 1.54) is 5.56 Å². The SMILES string of the molecule is CC(C)c1ccc(OCCCC(C)(C)C(N)=S)cc1. The average molecular weight is 279 g/mol. The van der Waals surface area contributed by atoms with Crippen molar-refractivity contribution in [2.75, 3.05) is 6.61 Å². The van der Waals surface area contributed by atoms with Gasteiger partial charge in [-0.15, -0.1) is 0 Å². The van der Waals surface area contributed by atoms with Crippen LogP contribution in [-0.2, 0) is 0 Å². The molecule has 0 radical (unpaired) electrons. The van der Waals surface area contributed by atoms with E-state index in [0.29, 0.717) is 17.5 Å². The third-order valence-electron chi connectivity index (χ3n) is 3.43. The van der Waals surface area contributed by atoms with Crippen LogP contribution in [0.25, 0.3) is 0 Å². The maximum Gasteiger partial charge on any atom is 0.119 e. The minimum Gasteiger partial charge on any atom is -0.494 e. The van der Waals surface area contributed by atoms with Crippen LogP contribution in [0.4, 0.5) is 0 Å². The van der Waals surface area contributed by atoms with Crippen molar-refractivity contribution in [2.45, 2.75) is 46.5 Å². The zero-order valence-corrected chi connectivity index (χ0v) is 13.2. The molecule has 0 fully saturated rings. The van der Waals surface area contributed by atoms with Crippen LogP contribution in [0.15, 0.2) is 24.3 Å². The molecule has 2 N–H and O–H groups in total. The number of rotatable bonds is 7. The first-order valence-corrected chi connectivity index (χ1v) is 7.26. The Bertz CT molecular complexity index is 409. The van der Waals surface area contributed by atoms with E-state index in [9.17, 15) is 0 Å². The molecule has 1 aromatic carbocycles. The van der Waals surface area contributed by atoms with E-state index in [1.807, 2.05) is 12.1 Å². The van der Waals surface area contributed by atoms with Gasteiger partial charge in [-0.1, -0.05) is 52.0 Å². The second-order valence-electron chi connectivity index (χ2n) is 5.92. The Morgan fingerprint density at radius 2 is 1.84 bits per heavy atom. The van der Waals surface area contributed by atoms with E-state index in [2.05, 4.69) is 39.8 Å². The Morgan fingerprint density at radius 3 is 2.32 bits per heavy atom. The molecule has 0 saturated carbocycles. The van der Waals surface area contributed by atoms with Gasteiger partial charge >= 0.3 is 0 Å². The van der Waals surface area contributed by atoms with Gasteiger partial charge in [0, 0.05) is 5.41 Å². The van der Waals surface area contributed by atoms with Gasteiger partial charge in [0.25, 0.3) is 0 Å². The fraction of sp³-hybridized carbons (Fsp3) is 0.562. The zero-order valence-electron chi connectivity index (χ0n) is 12.4. The number of ether oxygens (including phenoxy) is 1. The van der Waals surface area contributed by atoms with Crippen molar-refractivity contribution < 1.29 is 4.74 Å². The van der Waals surface area contributed by atoms with Gasteiger partial charge in [-0.25, -0.2) is 0 Å². The smallest absolute Gasteiger partial charge is 0.119 e. The van der Waals surface area contributed by atoms with Crippen molar-refractivity contribution in [3.05, 3.63) is 29.8 Å². The molecule has 1 rings (SSSR count). The molecule has 0 spiro atoms. The van der Waals surface area contributed by atoms with Gasteiger partial charge in [-0.3, -0.25) is 0 Å². The van der Waals surface area contributed by atoms with Gasteiger partial charge in [0.1, 0.15) is 5.75 Å². The fourth-order valence-electron chi connectivity index (χ4n) is 1.78. The monoisotopic (exact) mass is 279 g/mol. The Balaban J connectivity index is 2.36. The molecule has 0 heterocycles. The third-order valence-corrected chi connectivity index (χ3v) is 3.98. The molecular formula is C16H25NOS. The van der Waals surface area contributed by atoms with Crippen LogP contribution in [0.3, 0.4) is 0 Å². The molecule has 1 aromatic rings. The van der Waals surface area contributed by atoms with Crippen LogP contribution < -0.4 is 10.5 Å². The summed E-state index contributed by atoms with van der Waals surface area (Å²) in [5.41, 5.74) is 6.95. The van der Waals surface area contributed by atoms with Gasteiger partial charge in [0.15, 0.2) is 0 Å². The van der Waals surface area contributed by atoms with E-state index in [4.69, 9.17) is 22.7 Å². The largest absolute Gasteiger partial charge is 0.494 e. The topological polar surface area (TPSA) is 35.2 Å². The van der Waals surface area contributed by atoms with Gasteiger partial charge in [-0.2, -0.15) is 0 Å². The molecule has 0 saturated heterocycles. The number of benzene rings is 1. The van der Waals surface area contributed by atoms with E-state index >= 15 is 0 Å². The molecule has 19 heavy (non-hydrogen) atoms. The quantitative estimate of drug-likeness (QED) is 0.597. The summed E-state index contributed by atoms with van der Waals surface area (Å²) in [6.45, 7) is 9.23. The fourth-order valence-corrected chi connectivity index (χ4v) is 1.88. The van der Waals surface area contributed by atoms with Crippen molar-refractivity contribution in [2.24, 2.45) is 11.1 Å². The van der Waals surface area contributed by atoms with Crippen molar-refractivity contribution in [1.82, 2.24) is 0 Å². The summed E-state index contributed by atoms with van der Waals surface area (Å²) in [7, 11) is 0. The summed E-state index contributed by atoms with van der Waals surface area (Å²) in [4.78, 5) is 0.578. The van der Waals surface area contributed by atoms with Crippen LogP contribution in [0.5, 0.6) is 5.75 Å². The molecule has 3 heteroatoms. The Hall–Kier alpha value is -1.09. The summed E-state index contributed by atoms with van der Waals surface area (Å²) in [6.07, 6.45) is 1.91. The van der Waals surface area contributed by atoms with E-state index in [1.54, 1.807) is 0 Å². The van der Waals surface area contributed by atoms with Crippen LogP contribution in [-0.4, -0.2) is 11.6 Å². The molecule has 0 unspecified atom stereocenters. The van der Waals surface area contributed by atoms with E-state index < -0.39 is 0 Å². The molecule has 0 aliphatic heterocycles. The molecule has 2 nitrogen and oxygen atoms in total. The van der Waals surface area contributed by atoms with Crippen LogP contribution >= 0.6 is 12.2 Å². The molecule has 0 aliphatic carbocycles. The van der Waals surface area contributed by atoms with Crippen LogP contribution in [0, 0.1) is 5.41 Å². The third kappa shape index (κ3) is 5.19. The maximum absolute atomic E-state index is 5.73. The van der Waals surface area contributed by atoms with Crippen molar-refractivity contribution >= 4 is 17.2 Å². The number of nitrogens with two attached hydrogens (primary N) is 1. The second-order valence-corrected chi connectivity index (χ2v) is 6.36. The van der Waals surface area contributed by atoms with Crippen molar-refractivity contribution in [1.29, 1.82) is 0 Å². The highest BCUT2D eigenvalue weighted by molar-refractivity contribution is 7.80. The van der Waals surface area contributed by atoms with E-state index in [0.717, 1.165) is 18.6 Å². The standard InChI is InChI=1S/C16H25NOS/c1-12(2)13-6-8-14(9-7-13)18-11-5-10-16(3,4)15(17)19/h6-9,12H,5,10-11H2,1-4H3,(H2,17,19). The number of hydrogen-bond donors (Lipinski definition) is 1. The van der Waals surface area contributed by atoms with Gasteiger partial charge in [0.2, 0.25) is 0 Å². The highest BCUT2D eigenvalue weighted by Gasteiger charge is 2.20. The van der Waals surface area contributed by atoms with Crippen molar-refractivity contribution in [3.8, 4) is 5.75 Å². The predicted molar refractivity (Wildman–Crippen MR) is 85.8 cm³/mol. The molecule has 0 atom stereocenters. The summed E-state index contributed by atoms with van der Waals surface area (Å²) in [5, 5.41) is 0. The number of thiocarbonyl (C=S) groups is 1. The predicted octanol–water partition coefficient (Wildman–Crippen LogP) is 4.28. The Labute approximate surface area is 122 Å². The Morgan fingerprint density at radius 1 is 1.26 bits per heavy atom. The van der Waals surface area contributed by atoms with Gasteiger partial charge in [0.05, 0.1) is 11.6 Å². The van der Waals surface area contributed by atoms with Crippen molar-refractivity contribution in [3.63, 3.8) is 0 Å². The minimum absolute atomic E-state index is 0.0831. The first-order valence-electron chi connectivity index (χ1n) is 6.85. The minimum atomic E-state index is -0.0831. The lowest BCUT2D eigenvalue weighted by Crippen LogP contribution is -2.30. The molecule has 0 aliphatic rings. The van der Waals surface area contributed by atoms with Gasteiger partial charge < -0.3 is 10.5 Å². The molecule has 0 amide bonds. The Kier molecular flexibility index (Phi) is 5.80. The van der Waals surface area contributed by atoms with Crippen LogP contribution in [0.1, 0.15) is 52.0 Å². The molecular weight excluding hydrogens is 254 g/mol.